The maximum Gasteiger partial charge on any atom is 0.325 e. The van der Waals surface area contributed by atoms with E-state index < -0.39 is 39.3 Å². The molecule has 150 valence electrons. The molecule has 0 bridgehead atoms. The van der Waals surface area contributed by atoms with Gasteiger partial charge in [-0.3, -0.25) is 14.5 Å². The number of likely N-dealkylation sites (N-methyl/N-ethyl adjacent to an activating group) is 1. The van der Waals surface area contributed by atoms with E-state index in [4.69, 9.17) is 0 Å². The van der Waals surface area contributed by atoms with Gasteiger partial charge in [-0.1, -0.05) is 24.3 Å². The van der Waals surface area contributed by atoms with Crippen LogP contribution in [-0.4, -0.2) is 67.2 Å². The van der Waals surface area contributed by atoms with Crippen molar-refractivity contribution in [1.29, 1.82) is 0 Å². The second kappa shape index (κ2) is 6.58. The molecule has 0 saturated carbocycles. The summed E-state index contributed by atoms with van der Waals surface area (Å²) in [7, 11) is -1.61. The average molecular weight is 405 g/mol. The van der Waals surface area contributed by atoms with E-state index in [0.717, 1.165) is 28.9 Å². The Kier molecular flexibility index (Phi) is 4.45. The third kappa shape index (κ3) is 2.97. The van der Waals surface area contributed by atoms with Crippen molar-refractivity contribution in [3.63, 3.8) is 0 Å². The first kappa shape index (κ1) is 18.9. The largest absolute Gasteiger partial charge is 0.340 e. The Labute approximate surface area is 163 Å². The molecule has 3 aliphatic rings. The number of fused-ring (bicyclic) bond motifs is 2. The quantitative estimate of drug-likeness (QED) is 0.734. The number of amides is 4. The lowest BCUT2D eigenvalue weighted by atomic mass is 9.76. The Morgan fingerprint density at radius 2 is 2.07 bits per heavy atom. The fourth-order valence-corrected chi connectivity index (χ4v) is 6.26. The molecular weight excluding hydrogens is 382 g/mol. The molecule has 1 N–H and O–H groups in total. The van der Waals surface area contributed by atoms with Gasteiger partial charge in [0.25, 0.3) is 5.91 Å². The first-order valence-corrected chi connectivity index (χ1v) is 11.2. The van der Waals surface area contributed by atoms with Crippen LogP contribution < -0.4 is 5.32 Å². The molecule has 1 aromatic rings. The van der Waals surface area contributed by atoms with E-state index in [2.05, 4.69) is 5.32 Å². The Bertz CT molecular complexity index is 960. The van der Waals surface area contributed by atoms with Crippen LogP contribution in [-0.2, 0) is 31.4 Å². The molecule has 0 aromatic heterocycles. The van der Waals surface area contributed by atoms with Crippen molar-refractivity contribution in [2.24, 2.45) is 0 Å². The minimum absolute atomic E-state index is 0.0539. The van der Waals surface area contributed by atoms with Gasteiger partial charge in [-0.05, 0) is 36.8 Å². The molecule has 2 fully saturated rings. The number of aryl methyl sites for hydroxylation is 1. The fourth-order valence-electron chi connectivity index (χ4n) is 4.49. The van der Waals surface area contributed by atoms with Gasteiger partial charge >= 0.3 is 6.03 Å². The van der Waals surface area contributed by atoms with Gasteiger partial charge in [0.1, 0.15) is 12.1 Å². The van der Waals surface area contributed by atoms with E-state index in [9.17, 15) is 22.8 Å². The number of urea groups is 1. The fraction of sp³-hybridized carbons (Fsp3) is 0.526. The van der Waals surface area contributed by atoms with Gasteiger partial charge in [0.2, 0.25) is 5.91 Å². The number of sulfone groups is 1. The molecule has 9 heteroatoms. The number of carbonyl (C=O) groups is 3. The summed E-state index contributed by atoms with van der Waals surface area (Å²) in [5.74, 6) is -0.873. The van der Waals surface area contributed by atoms with Crippen molar-refractivity contribution < 1.29 is 22.8 Å². The van der Waals surface area contributed by atoms with Gasteiger partial charge in [0.05, 0.1) is 11.5 Å². The van der Waals surface area contributed by atoms with Crippen LogP contribution in [0.5, 0.6) is 0 Å². The molecule has 1 aliphatic carbocycles. The highest BCUT2D eigenvalue weighted by Gasteiger charge is 2.54. The number of hydrogen-bond acceptors (Lipinski definition) is 5. The number of carbonyl (C=O) groups excluding carboxylic acids is 3. The van der Waals surface area contributed by atoms with E-state index in [1.165, 1.54) is 11.9 Å². The normalized spacial score (nSPS) is 28.3. The lowest BCUT2D eigenvalue weighted by molar-refractivity contribution is -0.139. The number of nitrogens with zero attached hydrogens (tertiary/aromatic N) is 2. The van der Waals surface area contributed by atoms with Crippen molar-refractivity contribution in [3.8, 4) is 0 Å². The van der Waals surface area contributed by atoms with Gasteiger partial charge in [0.15, 0.2) is 9.84 Å². The number of hydrogen-bond donors (Lipinski definition) is 1. The molecule has 1 spiro atoms. The molecule has 28 heavy (non-hydrogen) atoms. The Hall–Kier alpha value is -2.42. The maximum atomic E-state index is 13.2. The minimum Gasteiger partial charge on any atom is -0.340 e. The molecule has 1 aromatic carbocycles. The van der Waals surface area contributed by atoms with Gasteiger partial charge < -0.3 is 10.2 Å². The number of benzene rings is 1. The summed E-state index contributed by atoms with van der Waals surface area (Å²) in [6.07, 6.45) is 2.49. The first-order chi connectivity index (χ1) is 13.2. The summed E-state index contributed by atoms with van der Waals surface area (Å²) in [6.45, 7) is -0.387. The van der Waals surface area contributed by atoms with Crippen LogP contribution in [0.2, 0.25) is 0 Å². The van der Waals surface area contributed by atoms with Crippen molar-refractivity contribution in [2.75, 3.05) is 25.1 Å². The highest BCUT2D eigenvalue weighted by atomic mass is 32.2. The van der Waals surface area contributed by atoms with Crippen molar-refractivity contribution >= 4 is 27.7 Å². The smallest absolute Gasteiger partial charge is 0.325 e. The minimum atomic E-state index is -3.13. The standard InChI is InChI=1S/C19H23N3O5S/c1-21(14-8-10-28(26,27)12-14)16(23)11-22-17(24)19(20-18(22)25)9-4-6-13-5-2-3-7-15(13)19/h2-3,5,7,14H,4,6,8-12H2,1H3,(H,20,25)/t14-,19-/m1/s1. The van der Waals surface area contributed by atoms with Crippen LogP contribution in [0.1, 0.15) is 30.4 Å². The Balaban J connectivity index is 1.54. The molecule has 2 atom stereocenters. The van der Waals surface area contributed by atoms with Crippen LogP contribution in [0.3, 0.4) is 0 Å². The predicted octanol–water partition coefficient (Wildman–Crippen LogP) is 0.416. The highest BCUT2D eigenvalue weighted by molar-refractivity contribution is 7.91. The molecule has 2 heterocycles. The molecule has 8 nitrogen and oxygen atoms in total. The molecule has 0 radical (unpaired) electrons. The molecule has 4 rings (SSSR count). The van der Waals surface area contributed by atoms with E-state index in [0.29, 0.717) is 12.8 Å². The van der Waals surface area contributed by atoms with Crippen LogP contribution in [0.4, 0.5) is 4.79 Å². The monoisotopic (exact) mass is 405 g/mol. The zero-order chi connectivity index (χ0) is 20.1. The second-order valence-electron chi connectivity index (χ2n) is 7.80. The zero-order valence-electron chi connectivity index (χ0n) is 15.7. The second-order valence-corrected chi connectivity index (χ2v) is 10.0. The molecule has 2 saturated heterocycles. The predicted molar refractivity (Wildman–Crippen MR) is 101 cm³/mol. The van der Waals surface area contributed by atoms with Crippen LogP contribution in [0.15, 0.2) is 24.3 Å². The number of nitrogens with one attached hydrogen (secondary N) is 1. The maximum absolute atomic E-state index is 13.2. The average Bonchev–Trinajstić information content (AvgIpc) is 3.14. The molecular formula is C19H23N3O5S. The summed E-state index contributed by atoms with van der Waals surface area (Å²) < 4.78 is 23.3. The van der Waals surface area contributed by atoms with Crippen LogP contribution in [0, 0.1) is 0 Å². The highest BCUT2D eigenvalue weighted by Crippen LogP contribution is 2.39. The summed E-state index contributed by atoms with van der Waals surface area (Å²) >= 11 is 0. The third-order valence-electron chi connectivity index (χ3n) is 6.09. The number of rotatable bonds is 3. The van der Waals surface area contributed by atoms with E-state index in [1.54, 1.807) is 0 Å². The van der Waals surface area contributed by atoms with Gasteiger partial charge in [-0.25, -0.2) is 13.2 Å². The third-order valence-corrected chi connectivity index (χ3v) is 7.84. The van der Waals surface area contributed by atoms with Gasteiger partial charge in [0, 0.05) is 13.1 Å². The van der Waals surface area contributed by atoms with Crippen molar-refractivity contribution in [1.82, 2.24) is 15.1 Å². The summed E-state index contributed by atoms with van der Waals surface area (Å²) in [5.41, 5.74) is 0.718. The van der Waals surface area contributed by atoms with Crippen LogP contribution >= 0.6 is 0 Å². The summed E-state index contributed by atoms with van der Waals surface area (Å²) in [6, 6.07) is 6.56. The zero-order valence-corrected chi connectivity index (χ0v) is 16.5. The van der Waals surface area contributed by atoms with Gasteiger partial charge in [-0.2, -0.15) is 0 Å². The summed E-state index contributed by atoms with van der Waals surface area (Å²) in [5, 5.41) is 2.82. The van der Waals surface area contributed by atoms with Crippen molar-refractivity contribution in [2.45, 2.75) is 37.3 Å². The lowest BCUT2D eigenvalue weighted by Crippen LogP contribution is -2.48. The summed E-state index contributed by atoms with van der Waals surface area (Å²) in [4.78, 5) is 40.8. The van der Waals surface area contributed by atoms with Gasteiger partial charge in [-0.15, -0.1) is 0 Å². The number of imide groups is 1. The van der Waals surface area contributed by atoms with E-state index >= 15 is 0 Å². The van der Waals surface area contributed by atoms with Crippen molar-refractivity contribution in [3.05, 3.63) is 35.4 Å². The van der Waals surface area contributed by atoms with E-state index in [-0.39, 0.29) is 18.1 Å². The molecule has 2 aliphatic heterocycles. The SMILES string of the molecule is CN(C(=O)CN1C(=O)N[C@@]2(CCCc3ccccc32)C1=O)[C@@H]1CCS(=O)(=O)C1. The molecule has 0 unspecified atom stereocenters. The molecule has 4 amide bonds. The topological polar surface area (TPSA) is 104 Å². The van der Waals surface area contributed by atoms with E-state index in [1.807, 2.05) is 24.3 Å². The Morgan fingerprint density at radius 1 is 1.32 bits per heavy atom. The Morgan fingerprint density at radius 3 is 2.79 bits per heavy atom. The van der Waals surface area contributed by atoms with Crippen LogP contribution in [0.25, 0.3) is 0 Å². The lowest BCUT2D eigenvalue weighted by Gasteiger charge is -2.33. The first-order valence-electron chi connectivity index (χ1n) is 9.42.